The van der Waals surface area contributed by atoms with Crippen LogP contribution in [0.1, 0.15) is 5.69 Å². The van der Waals surface area contributed by atoms with Crippen LogP contribution in [0.15, 0.2) is 53.1 Å². The summed E-state index contributed by atoms with van der Waals surface area (Å²) in [5.41, 5.74) is 2.19. The molecule has 0 N–H and O–H groups in total. The molecule has 0 aliphatic heterocycles. The molecule has 4 heteroatoms. The van der Waals surface area contributed by atoms with Crippen molar-refractivity contribution in [2.75, 3.05) is 7.11 Å². The summed E-state index contributed by atoms with van der Waals surface area (Å²) in [5.74, 6) is 0.650. The number of aromatic nitrogens is 2. The van der Waals surface area contributed by atoms with Gasteiger partial charge in [-0.2, -0.15) is 0 Å². The third-order valence-corrected chi connectivity index (χ3v) is 3.55. The summed E-state index contributed by atoms with van der Waals surface area (Å²) in [4.78, 5) is 4.44. The topological polar surface area (TPSA) is 27.1 Å². The van der Waals surface area contributed by atoms with Gasteiger partial charge >= 0.3 is 0 Å². The van der Waals surface area contributed by atoms with Gasteiger partial charge in [-0.25, -0.2) is 4.98 Å². The van der Waals surface area contributed by atoms with Gasteiger partial charge in [-0.1, -0.05) is 22.0 Å². The van der Waals surface area contributed by atoms with Crippen LogP contribution in [0.25, 0.3) is 10.9 Å². The van der Waals surface area contributed by atoms with Crippen LogP contribution >= 0.6 is 15.9 Å². The number of fused-ring (bicyclic) bond motifs is 1. The molecule has 3 rings (SSSR count). The van der Waals surface area contributed by atoms with Gasteiger partial charge in [0.1, 0.15) is 0 Å². The first-order chi connectivity index (χ1) is 9.26. The lowest BCUT2D eigenvalue weighted by atomic mass is 10.2. The summed E-state index contributed by atoms with van der Waals surface area (Å²) in [6, 6.07) is 14.2. The largest absolute Gasteiger partial charge is 0.481 e. The highest BCUT2D eigenvalue weighted by Gasteiger charge is 2.04. The molecule has 2 aromatic heterocycles. The lowest BCUT2D eigenvalue weighted by Crippen LogP contribution is -2.01. The first kappa shape index (κ1) is 12.2. The van der Waals surface area contributed by atoms with Crippen LogP contribution in [0.3, 0.4) is 0 Å². The minimum Gasteiger partial charge on any atom is -0.481 e. The number of hydrogen-bond acceptors (Lipinski definition) is 2. The number of halogens is 1. The third kappa shape index (κ3) is 2.49. The minimum atomic E-state index is 0.650. The summed E-state index contributed by atoms with van der Waals surface area (Å²) in [7, 11) is 1.63. The summed E-state index contributed by atoms with van der Waals surface area (Å²) in [5, 5.41) is 1.22. The van der Waals surface area contributed by atoms with E-state index in [1.54, 1.807) is 7.11 Å². The number of ether oxygens (including phenoxy) is 1. The number of benzene rings is 1. The maximum atomic E-state index is 5.15. The smallest absolute Gasteiger partial charge is 0.213 e. The van der Waals surface area contributed by atoms with E-state index in [2.05, 4.69) is 55.9 Å². The van der Waals surface area contributed by atoms with Crippen LogP contribution in [0, 0.1) is 0 Å². The standard InChI is InChI=1S/C15H13BrN2O/c1-19-15-4-2-3-13(17-15)10-18-8-7-11-9-12(16)5-6-14(11)18/h2-9H,10H2,1H3. The van der Waals surface area contributed by atoms with Crippen molar-refractivity contribution in [1.82, 2.24) is 9.55 Å². The van der Waals surface area contributed by atoms with Gasteiger partial charge in [0.2, 0.25) is 5.88 Å². The Bertz CT molecular complexity index is 721. The predicted octanol–water partition coefficient (Wildman–Crippen LogP) is 3.86. The zero-order valence-electron chi connectivity index (χ0n) is 10.5. The summed E-state index contributed by atoms with van der Waals surface area (Å²) >= 11 is 3.49. The highest BCUT2D eigenvalue weighted by Crippen LogP contribution is 2.21. The normalized spacial score (nSPS) is 10.8. The molecule has 2 heterocycles. The molecule has 0 bridgehead atoms. The molecule has 0 saturated carbocycles. The molecule has 0 unspecified atom stereocenters. The van der Waals surface area contributed by atoms with Gasteiger partial charge < -0.3 is 9.30 Å². The van der Waals surface area contributed by atoms with Gasteiger partial charge in [-0.15, -0.1) is 0 Å². The molecule has 0 fully saturated rings. The Balaban J connectivity index is 1.96. The monoisotopic (exact) mass is 316 g/mol. The van der Waals surface area contributed by atoms with E-state index in [9.17, 15) is 0 Å². The van der Waals surface area contributed by atoms with E-state index in [-0.39, 0.29) is 0 Å². The molecule has 3 nitrogen and oxygen atoms in total. The van der Waals surface area contributed by atoms with Crippen LogP contribution in [0.5, 0.6) is 5.88 Å². The predicted molar refractivity (Wildman–Crippen MR) is 79.5 cm³/mol. The molecule has 1 aromatic carbocycles. The van der Waals surface area contributed by atoms with Gasteiger partial charge in [-0.3, -0.25) is 0 Å². The first-order valence-electron chi connectivity index (χ1n) is 6.00. The van der Waals surface area contributed by atoms with E-state index < -0.39 is 0 Å². The second-order valence-corrected chi connectivity index (χ2v) is 5.23. The molecular weight excluding hydrogens is 304 g/mol. The van der Waals surface area contributed by atoms with Gasteiger partial charge in [0.15, 0.2) is 0 Å². The second-order valence-electron chi connectivity index (χ2n) is 4.32. The maximum Gasteiger partial charge on any atom is 0.213 e. The summed E-state index contributed by atoms with van der Waals surface area (Å²) in [6.07, 6.45) is 2.08. The Morgan fingerprint density at radius 1 is 1.21 bits per heavy atom. The average Bonchev–Trinajstić information content (AvgIpc) is 2.81. The van der Waals surface area contributed by atoms with Crippen molar-refractivity contribution in [3.63, 3.8) is 0 Å². The number of rotatable bonds is 3. The zero-order valence-corrected chi connectivity index (χ0v) is 12.1. The number of pyridine rings is 1. The van der Waals surface area contributed by atoms with Gasteiger partial charge in [0.25, 0.3) is 0 Å². The average molecular weight is 317 g/mol. The van der Waals surface area contributed by atoms with E-state index in [0.29, 0.717) is 5.88 Å². The number of hydrogen-bond donors (Lipinski definition) is 0. The van der Waals surface area contributed by atoms with E-state index in [1.807, 2.05) is 18.2 Å². The molecule has 0 amide bonds. The van der Waals surface area contributed by atoms with Crippen LogP contribution < -0.4 is 4.74 Å². The number of methoxy groups -OCH3 is 1. The molecule has 0 saturated heterocycles. The number of nitrogens with zero attached hydrogens (tertiary/aromatic N) is 2. The van der Waals surface area contributed by atoms with E-state index in [4.69, 9.17) is 4.74 Å². The Morgan fingerprint density at radius 3 is 2.95 bits per heavy atom. The SMILES string of the molecule is COc1cccc(Cn2ccc3cc(Br)ccc32)n1. The van der Waals surface area contributed by atoms with Crippen LogP contribution in [0.2, 0.25) is 0 Å². The van der Waals surface area contributed by atoms with Crippen LogP contribution in [-0.2, 0) is 6.54 Å². The fourth-order valence-corrected chi connectivity index (χ4v) is 2.52. The van der Waals surface area contributed by atoms with Gasteiger partial charge in [-0.05, 0) is 30.3 Å². The molecule has 19 heavy (non-hydrogen) atoms. The molecule has 0 aliphatic carbocycles. The van der Waals surface area contributed by atoms with E-state index >= 15 is 0 Å². The maximum absolute atomic E-state index is 5.15. The second kappa shape index (κ2) is 5.05. The Morgan fingerprint density at radius 2 is 2.11 bits per heavy atom. The lowest BCUT2D eigenvalue weighted by molar-refractivity contribution is 0.396. The van der Waals surface area contributed by atoms with Crippen molar-refractivity contribution in [2.24, 2.45) is 0 Å². The van der Waals surface area contributed by atoms with Crippen molar-refractivity contribution in [2.45, 2.75) is 6.54 Å². The first-order valence-corrected chi connectivity index (χ1v) is 6.80. The Labute approximate surface area is 120 Å². The zero-order chi connectivity index (χ0) is 13.2. The van der Waals surface area contributed by atoms with Crippen molar-refractivity contribution in [3.05, 3.63) is 58.8 Å². The van der Waals surface area contributed by atoms with Crippen molar-refractivity contribution in [3.8, 4) is 5.88 Å². The Hall–Kier alpha value is -1.81. The molecule has 0 atom stereocenters. The fraction of sp³-hybridized carbons (Fsp3) is 0.133. The molecule has 0 spiro atoms. The highest BCUT2D eigenvalue weighted by atomic mass is 79.9. The molecule has 0 aliphatic rings. The van der Waals surface area contributed by atoms with Crippen LogP contribution in [0.4, 0.5) is 0 Å². The quantitative estimate of drug-likeness (QED) is 0.733. The summed E-state index contributed by atoms with van der Waals surface area (Å²) in [6.45, 7) is 0.738. The third-order valence-electron chi connectivity index (χ3n) is 3.06. The molecule has 3 aromatic rings. The lowest BCUT2D eigenvalue weighted by Gasteiger charge is -2.06. The molecule has 96 valence electrons. The van der Waals surface area contributed by atoms with Gasteiger partial charge in [0.05, 0.1) is 19.3 Å². The van der Waals surface area contributed by atoms with Crippen molar-refractivity contribution in [1.29, 1.82) is 0 Å². The van der Waals surface area contributed by atoms with E-state index in [0.717, 1.165) is 16.7 Å². The minimum absolute atomic E-state index is 0.650. The van der Waals surface area contributed by atoms with Crippen molar-refractivity contribution >= 4 is 26.8 Å². The van der Waals surface area contributed by atoms with Crippen LogP contribution in [-0.4, -0.2) is 16.7 Å². The van der Waals surface area contributed by atoms with Gasteiger partial charge in [0, 0.05) is 27.6 Å². The molecule has 0 radical (unpaired) electrons. The highest BCUT2D eigenvalue weighted by molar-refractivity contribution is 9.10. The fourth-order valence-electron chi connectivity index (χ4n) is 2.14. The Kier molecular flexibility index (Phi) is 3.25. The summed E-state index contributed by atoms with van der Waals surface area (Å²) < 4.78 is 8.43. The van der Waals surface area contributed by atoms with Crippen molar-refractivity contribution < 1.29 is 4.74 Å². The van der Waals surface area contributed by atoms with E-state index in [1.165, 1.54) is 10.9 Å². The molecular formula is C15H13BrN2O.